The SMILES string of the molecule is CC1=C(C)C(C)(C2(C(C)(C)C)C=Cc3cc4c(cc32)CCCC4)C(C)=C1C. The zero-order chi connectivity index (χ0) is 19.8. The summed E-state index contributed by atoms with van der Waals surface area (Å²) in [6.45, 7) is 19.3. The van der Waals surface area contributed by atoms with E-state index in [1.165, 1.54) is 42.4 Å². The lowest BCUT2D eigenvalue weighted by atomic mass is 9.47. The largest absolute Gasteiger partial charge is 0.0716 e. The second kappa shape index (κ2) is 5.72. The summed E-state index contributed by atoms with van der Waals surface area (Å²) in [5.74, 6) is 0. The van der Waals surface area contributed by atoms with Crippen LogP contribution in [-0.2, 0) is 18.3 Å². The molecule has 0 heteroatoms. The zero-order valence-corrected chi connectivity index (χ0v) is 18.6. The van der Waals surface area contributed by atoms with Crippen molar-refractivity contribution in [1.82, 2.24) is 0 Å². The van der Waals surface area contributed by atoms with Gasteiger partial charge in [-0.3, -0.25) is 0 Å². The first-order chi connectivity index (χ1) is 12.6. The minimum absolute atomic E-state index is 0.00496. The van der Waals surface area contributed by atoms with Crippen LogP contribution >= 0.6 is 0 Å². The van der Waals surface area contributed by atoms with Gasteiger partial charge in [-0.15, -0.1) is 0 Å². The first-order valence-electron chi connectivity index (χ1n) is 10.8. The maximum absolute atomic E-state index is 2.60. The summed E-state index contributed by atoms with van der Waals surface area (Å²) in [5, 5.41) is 0. The number of benzene rings is 1. The number of aryl methyl sites for hydroxylation is 2. The lowest BCUT2D eigenvalue weighted by molar-refractivity contribution is 0.130. The average Bonchev–Trinajstić information content (AvgIpc) is 3.08. The van der Waals surface area contributed by atoms with Crippen LogP contribution in [0.1, 0.15) is 90.5 Å². The Hall–Kier alpha value is -1.56. The van der Waals surface area contributed by atoms with Crippen molar-refractivity contribution >= 4 is 6.08 Å². The normalized spacial score (nSPS) is 26.7. The minimum atomic E-state index is -0.00496. The van der Waals surface area contributed by atoms with E-state index in [0.717, 1.165) is 0 Å². The Morgan fingerprint density at radius 3 is 1.85 bits per heavy atom. The third kappa shape index (κ3) is 2.16. The van der Waals surface area contributed by atoms with Gasteiger partial charge in [0.2, 0.25) is 0 Å². The van der Waals surface area contributed by atoms with Crippen molar-refractivity contribution in [3.05, 3.63) is 62.8 Å². The fourth-order valence-electron chi connectivity index (χ4n) is 6.61. The highest BCUT2D eigenvalue weighted by Crippen LogP contribution is 2.66. The van der Waals surface area contributed by atoms with Gasteiger partial charge in [-0.2, -0.15) is 0 Å². The van der Waals surface area contributed by atoms with Crippen molar-refractivity contribution in [2.24, 2.45) is 10.8 Å². The lowest BCUT2D eigenvalue weighted by Crippen LogP contribution is -2.51. The van der Waals surface area contributed by atoms with Crippen molar-refractivity contribution in [3.63, 3.8) is 0 Å². The maximum Gasteiger partial charge on any atom is 0.0318 e. The maximum atomic E-state index is 2.60. The molecule has 0 saturated carbocycles. The van der Waals surface area contributed by atoms with Crippen molar-refractivity contribution in [2.75, 3.05) is 0 Å². The quantitative estimate of drug-likeness (QED) is 0.484. The molecule has 3 aliphatic rings. The summed E-state index contributed by atoms with van der Waals surface area (Å²) in [4.78, 5) is 0. The number of fused-ring (bicyclic) bond motifs is 2. The standard InChI is InChI=1S/C27H36/c1-17-18(2)20(4)26(8,19(17)3)27(25(5,6)7)14-13-23-15-21-11-9-10-12-22(21)16-24(23)27/h13-16H,9-12H2,1-8H3. The second-order valence-corrected chi connectivity index (χ2v) is 10.4. The molecule has 0 N–H and O–H groups in total. The van der Waals surface area contributed by atoms with E-state index in [4.69, 9.17) is 0 Å². The molecule has 0 saturated heterocycles. The van der Waals surface area contributed by atoms with E-state index < -0.39 is 0 Å². The fourth-order valence-corrected chi connectivity index (χ4v) is 6.61. The molecule has 1 atom stereocenters. The van der Waals surface area contributed by atoms with Gasteiger partial charge in [0.25, 0.3) is 0 Å². The van der Waals surface area contributed by atoms with Crippen LogP contribution in [-0.4, -0.2) is 0 Å². The Morgan fingerprint density at radius 1 is 0.815 bits per heavy atom. The highest BCUT2D eigenvalue weighted by molar-refractivity contribution is 5.72. The number of rotatable bonds is 1. The molecule has 0 heterocycles. The minimum Gasteiger partial charge on any atom is -0.0716 e. The van der Waals surface area contributed by atoms with Crippen LogP contribution in [0.25, 0.3) is 6.08 Å². The van der Waals surface area contributed by atoms with Gasteiger partial charge in [0, 0.05) is 10.8 Å². The molecule has 0 aliphatic heterocycles. The van der Waals surface area contributed by atoms with Crippen molar-refractivity contribution < 1.29 is 0 Å². The highest BCUT2D eigenvalue weighted by Gasteiger charge is 2.60. The van der Waals surface area contributed by atoms with Gasteiger partial charge in [-0.25, -0.2) is 0 Å². The lowest BCUT2D eigenvalue weighted by Gasteiger charge is -2.55. The summed E-state index contributed by atoms with van der Waals surface area (Å²) in [7, 11) is 0. The number of hydrogen-bond donors (Lipinski definition) is 0. The van der Waals surface area contributed by atoms with E-state index in [1.54, 1.807) is 27.8 Å². The Morgan fingerprint density at radius 2 is 1.33 bits per heavy atom. The summed E-state index contributed by atoms with van der Waals surface area (Å²) in [6.07, 6.45) is 10.2. The van der Waals surface area contributed by atoms with Crippen LogP contribution in [0.15, 0.2) is 40.5 Å². The van der Waals surface area contributed by atoms with Crippen molar-refractivity contribution in [1.29, 1.82) is 0 Å². The van der Waals surface area contributed by atoms with E-state index in [9.17, 15) is 0 Å². The predicted octanol–water partition coefficient (Wildman–Crippen LogP) is 7.57. The third-order valence-electron chi connectivity index (χ3n) is 8.61. The molecule has 0 bridgehead atoms. The van der Waals surface area contributed by atoms with Gasteiger partial charge in [0.05, 0.1) is 0 Å². The van der Waals surface area contributed by atoms with Crippen LogP contribution in [0.2, 0.25) is 0 Å². The van der Waals surface area contributed by atoms with Crippen LogP contribution in [0.3, 0.4) is 0 Å². The first kappa shape index (κ1) is 18.8. The van der Waals surface area contributed by atoms with Gasteiger partial charge >= 0.3 is 0 Å². The predicted molar refractivity (Wildman–Crippen MR) is 118 cm³/mol. The molecule has 0 fully saturated rings. The molecule has 0 spiro atoms. The van der Waals surface area contributed by atoms with Gasteiger partial charge in [0.15, 0.2) is 0 Å². The Balaban J connectivity index is 2.05. The summed E-state index contributed by atoms with van der Waals surface area (Å²) >= 11 is 0. The van der Waals surface area contributed by atoms with Crippen LogP contribution < -0.4 is 0 Å². The Kier molecular flexibility index (Phi) is 3.98. The van der Waals surface area contributed by atoms with Crippen LogP contribution in [0, 0.1) is 10.8 Å². The van der Waals surface area contributed by atoms with Gasteiger partial charge in [-0.1, -0.05) is 63.1 Å². The molecule has 1 aromatic rings. The molecule has 4 rings (SSSR count). The first-order valence-corrected chi connectivity index (χ1v) is 10.8. The van der Waals surface area contributed by atoms with Gasteiger partial charge < -0.3 is 0 Å². The molecule has 0 amide bonds. The molecule has 0 nitrogen and oxygen atoms in total. The number of allylic oxidation sites excluding steroid dienone is 5. The molecule has 1 unspecified atom stereocenters. The molecule has 0 aromatic heterocycles. The average molecular weight is 361 g/mol. The highest BCUT2D eigenvalue weighted by atomic mass is 14.6. The molecule has 1 aromatic carbocycles. The van der Waals surface area contributed by atoms with E-state index >= 15 is 0 Å². The second-order valence-electron chi connectivity index (χ2n) is 10.4. The van der Waals surface area contributed by atoms with Gasteiger partial charge in [0.1, 0.15) is 0 Å². The van der Waals surface area contributed by atoms with E-state index in [-0.39, 0.29) is 16.2 Å². The molecule has 27 heavy (non-hydrogen) atoms. The van der Waals surface area contributed by atoms with Crippen molar-refractivity contribution in [2.45, 2.75) is 86.5 Å². The Bertz CT molecular complexity index is 886. The summed E-state index contributed by atoms with van der Waals surface area (Å²) in [6, 6.07) is 5.12. The smallest absolute Gasteiger partial charge is 0.0318 e. The summed E-state index contributed by atoms with van der Waals surface area (Å²) < 4.78 is 0. The topological polar surface area (TPSA) is 0 Å². The van der Waals surface area contributed by atoms with Gasteiger partial charge in [-0.05, 0) is 92.2 Å². The van der Waals surface area contributed by atoms with E-state index in [1.807, 2.05) is 0 Å². The number of hydrogen-bond acceptors (Lipinski definition) is 0. The summed E-state index contributed by atoms with van der Waals surface area (Å²) in [5.41, 5.74) is 12.5. The molecular weight excluding hydrogens is 324 g/mol. The van der Waals surface area contributed by atoms with Crippen LogP contribution in [0.4, 0.5) is 0 Å². The molecule has 3 aliphatic carbocycles. The zero-order valence-electron chi connectivity index (χ0n) is 18.6. The monoisotopic (exact) mass is 360 g/mol. The van der Waals surface area contributed by atoms with Crippen LogP contribution in [0.5, 0.6) is 0 Å². The van der Waals surface area contributed by atoms with E-state index in [2.05, 4.69) is 79.7 Å². The fraction of sp³-hybridized carbons (Fsp3) is 0.556. The third-order valence-corrected chi connectivity index (χ3v) is 8.61. The Labute approximate surface area is 166 Å². The van der Waals surface area contributed by atoms with Crippen molar-refractivity contribution in [3.8, 4) is 0 Å². The molecule has 0 radical (unpaired) electrons. The molecular formula is C27H36. The van der Waals surface area contributed by atoms with E-state index in [0.29, 0.717) is 0 Å². The molecule has 144 valence electrons.